The Morgan fingerprint density at radius 2 is 1.75 bits per heavy atom. The van der Waals surface area contributed by atoms with Crippen LogP contribution in [0, 0.1) is 5.82 Å². The van der Waals surface area contributed by atoms with E-state index in [0.29, 0.717) is 17.1 Å². The fourth-order valence-corrected chi connectivity index (χ4v) is 3.00. The maximum atomic E-state index is 13.0. The van der Waals surface area contributed by atoms with Crippen LogP contribution >= 0.6 is 11.6 Å². The highest BCUT2D eigenvalue weighted by Gasteiger charge is 2.21. The Bertz CT molecular complexity index is 671. The van der Waals surface area contributed by atoms with Crippen molar-refractivity contribution < 1.29 is 9.18 Å². The molecule has 0 aliphatic heterocycles. The Morgan fingerprint density at radius 1 is 1.12 bits per heavy atom. The summed E-state index contributed by atoms with van der Waals surface area (Å²) in [5.74, 6) is -0.581. The van der Waals surface area contributed by atoms with Crippen LogP contribution in [0.5, 0.6) is 0 Å². The van der Waals surface area contributed by atoms with Crippen LogP contribution in [-0.4, -0.2) is 30.4 Å². The second kappa shape index (κ2) is 8.81. The fourth-order valence-electron chi connectivity index (χ4n) is 2.74. The van der Waals surface area contributed by atoms with Gasteiger partial charge in [0, 0.05) is 17.1 Å². The molecule has 2 rings (SSSR count). The lowest BCUT2D eigenvalue weighted by Gasteiger charge is -2.31. The zero-order valence-electron chi connectivity index (χ0n) is 13.9. The summed E-state index contributed by atoms with van der Waals surface area (Å²) in [5.41, 5.74) is 1.43. The molecule has 0 unspecified atom stereocenters. The first-order valence-electron chi connectivity index (χ1n) is 8.09. The lowest BCUT2D eigenvalue weighted by Crippen LogP contribution is -2.38. The smallest absolute Gasteiger partial charge is 0.251 e. The van der Waals surface area contributed by atoms with E-state index in [9.17, 15) is 9.18 Å². The number of halogens is 2. The highest BCUT2D eigenvalue weighted by Crippen LogP contribution is 2.27. The number of carbonyl (C=O) groups excluding carboxylic acids is 1. The van der Waals surface area contributed by atoms with E-state index in [1.165, 1.54) is 24.3 Å². The number of likely N-dealkylation sites (N-methyl/N-ethyl adjacent to an activating group) is 1. The number of hydrogen-bond acceptors (Lipinski definition) is 2. The van der Waals surface area contributed by atoms with E-state index in [2.05, 4.69) is 24.1 Å². The first-order chi connectivity index (χ1) is 11.6. The van der Waals surface area contributed by atoms with Gasteiger partial charge in [0.05, 0.1) is 6.04 Å². The zero-order valence-corrected chi connectivity index (χ0v) is 14.7. The van der Waals surface area contributed by atoms with Crippen molar-refractivity contribution in [2.75, 3.05) is 19.6 Å². The van der Waals surface area contributed by atoms with Gasteiger partial charge in [0.15, 0.2) is 0 Å². The summed E-state index contributed by atoms with van der Waals surface area (Å²) in [6.07, 6.45) is 0. The first kappa shape index (κ1) is 18.4. The molecule has 5 heteroatoms. The summed E-state index contributed by atoms with van der Waals surface area (Å²) in [6.45, 7) is 6.28. The van der Waals surface area contributed by atoms with Gasteiger partial charge in [-0.25, -0.2) is 4.39 Å². The molecule has 0 aromatic heterocycles. The summed E-state index contributed by atoms with van der Waals surface area (Å²) in [7, 11) is 0. The van der Waals surface area contributed by atoms with Crippen LogP contribution in [0.3, 0.4) is 0 Å². The Morgan fingerprint density at radius 3 is 2.33 bits per heavy atom. The maximum absolute atomic E-state index is 13.0. The number of rotatable bonds is 7. The fraction of sp³-hybridized carbons (Fsp3) is 0.316. The molecule has 0 aliphatic rings. The van der Waals surface area contributed by atoms with Crippen LogP contribution in [-0.2, 0) is 0 Å². The van der Waals surface area contributed by atoms with Crippen molar-refractivity contribution >= 4 is 17.5 Å². The van der Waals surface area contributed by atoms with Gasteiger partial charge in [-0.1, -0.05) is 43.6 Å². The lowest BCUT2D eigenvalue weighted by atomic mass is 10.0. The van der Waals surface area contributed by atoms with Gasteiger partial charge in [-0.3, -0.25) is 9.69 Å². The molecule has 0 heterocycles. The highest BCUT2D eigenvalue weighted by atomic mass is 35.5. The van der Waals surface area contributed by atoms with Gasteiger partial charge >= 0.3 is 0 Å². The van der Waals surface area contributed by atoms with Crippen LogP contribution in [0.2, 0.25) is 5.02 Å². The normalized spacial score (nSPS) is 12.2. The summed E-state index contributed by atoms with van der Waals surface area (Å²) >= 11 is 6.35. The van der Waals surface area contributed by atoms with Crippen LogP contribution in [0.25, 0.3) is 0 Å². The molecule has 0 spiro atoms. The third-order valence-electron chi connectivity index (χ3n) is 4.08. The molecule has 1 N–H and O–H groups in total. The molecule has 0 fully saturated rings. The standard InChI is InChI=1S/C19H22ClFN2O/c1-3-23(4-2)18(16-7-5-6-8-17(16)20)13-22-19(24)14-9-11-15(21)12-10-14/h5-12,18H,3-4,13H2,1-2H3,(H,22,24)/t18-/m0/s1. The third-order valence-corrected chi connectivity index (χ3v) is 4.42. The summed E-state index contributed by atoms with van der Waals surface area (Å²) in [5, 5.41) is 3.62. The van der Waals surface area contributed by atoms with Crippen molar-refractivity contribution in [3.8, 4) is 0 Å². The van der Waals surface area contributed by atoms with Gasteiger partial charge in [0.25, 0.3) is 5.91 Å². The largest absolute Gasteiger partial charge is 0.350 e. The van der Waals surface area contributed by atoms with Crippen LogP contribution < -0.4 is 5.32 Å². The number of carbonyl (C=O) groups is 1. The molecule has 0 saturated carbocycles. The first-order valence-corrected chi connectivity index (χ1v) is 8.46. The Balaban J connectivity index is 2.15. The van der Waals surface area contributed by atoms with E-state index in [-0.39, 0.29) is 17.8 Å². The molecule has 2 aromatic carbocycles. The predicted molar refractivity (Wildman–Crippen MR) is 95.8 cm³/mol. The summed E-state index contributed by atoms with van der Waals surface area (Å²) in [4.78, 5) is 14.5. The molecule has 1 atom stereocenters. The zero-order chi connectivity index (χ0) is 17.5. The maximum Gasteiger partial charge on any atom is 0.251 e. The minimum atomic E-state index is -0.358. The lowest BCUT2D eigenvalue weighted by molar-refractivity contribution is 0.0935. The van der Waals surface area contributed by atoms with Crippen molar-refractivity contribution in [2.24, 2.45) is 0 Å². The van der Waals surface area contributed by atoms with Crippen molar-refractivity contribution in [1.82, 2.24) is 10.2 Å². The molecule has 0 radical (unpaired) electrons. The number of nitrogens with one attached hydrogen (secondary N) is 1. The summed E-state index contributed by atoms with van der Waals surface area (Å²) in [6, 6.07) is 13.2. The van der Waals surface area contributed by atoms with E-state index in [4.69, 9.17) is 11.6 Å². The third kappa shape index (κ3) is 4.56. The molecule has 1 amide bonds. The van der Waals surface area contributed by atoms with Crippen molar-refractivity contribution in [3.05, 3.63) is 70.5 Å². The topological polar surface area (TPSA) is 32.3 Å². The molecule has 3 nitrogen and oxygen atoms in total. The number of nitrogens with zero attached hydrogens (tertiary/aromatic N) is 1. The Labute approximate surface area is 147 Å². The molecule has 0 saturated heterocycles. The quantitative estimate of drug-likeness (QED) is 0.809. The van der Waals surface area contributed by atoms with Gasteiger partial charge in [-0.2, -0.15) is 0 Å². The molecule has 2 aromatic rings. The van der Waals surface area contributed by atoms with Crippen LogP contribution in [0.1, 0.15) is 35.8 Å². The SMILES string of the molecule is CCN(CC)[C@@H](CNC(=O)c1ccc(F)cc1)c1ccccc1Cl. The van der Waals surface area contributed by atoms with E-state index in [0.717, 1.165) is 18.7 Å². The predicted octanol–water partition coefficient (Wildman–Crippen LogP) is 4.29. The minimum absolute atomic E-state index is 0.0156. The van der Waals surface area contributed by atoms with Crippen LogP contribution in [0.15, 0.2) is 48.5 Å². The van der Waals surface area contributed by atoms with Crippen molar-refractivity contribution in [3.63, 3.8) is 0 Å². The highest BCUT2D eigenvalue weighted by molar-refractivity contribution is 6.31. The van der Waals surface area contributed by atoms with Gasteiger partial charge in [-0.05, 0) is 49.0 Å². The minimum Gasteiger partial charge on any atom is -0.350 e. The molecular weight excluding hydrogens is 327 g/mol. The number of benzene rings is 2. The van der Waals surface area contributed by atoms with E-state index >= 15 is 0 Å². The van der Waals surface area contributed by atoms with Crippen molar-refractivity contribution in [1.29, 1.82) is 0 Å². The van der Waals surface area contributed by atoms with Gasteiger partial charge < -0.3 is 5.32 Å². The number of amides is 1. The number of hydrogen-bond donors (Lipinski definition) is 1. The van der Waals surface area contributed by atoms with Gasteiger partial charge in [0.2, 0.25) is 0 Å². The average molecular weight is 349 g/mol. The Kier molecular flexibility index (Phi) is 6.76. The van der Waals surface area contributed by atoms with E-state index in [1.54, 1.807) is 0 Å². The van der Waals surface area contributed by atoms with Crippen molar-refractivity contribution in [2.45, 2.75) is 19.9 Å². The molecule has 24 heavy (non-hydrogen) atoms. The average Bonchev–Trinajstić information content (AvgIpc) is 2.60. The monoisotopic (exact) mass is 348 g/mol. The van der Waals surface area contributed by atoms with Crippen LogP contribution in [0.4, 0.5) is 4.39 Å². The van der Waals surface area contributed by atoms with Gasteiger partial charge in [0.1, 0.15) is 5.82 Å². The summed E-state index contributed by atoms with van der Waals surface area (Å²) < 4.78 is 13.0. The molecule has 0 aliphatic carbocycles. The second-order valence-corrected chi connectivity index (χ2v) is 5.88. The second-order valence-electron chi connectivity index (χ2n) is 5.48. The molecule has 128 valence electrons. The molecule has 0 bridgehead atoms. The molecular formula is C19H22ClFN2O. The van der Waals surface area contributed by atoms with E-state index in [1.807, 2.05) is 24.3 Å². The Hall–Kier alpha value is -1.91. The van der Waals surface area contributed by atoms with Gasteiger partial charge in [-0.15, -0.1) is 0 Å². The van der Waals surface area contributed by atoms with E-state index < -0.39 is 0 Å².